The monoisotopic (exact) mass is 356 g/mol. The maximum Gasteiger partial charge on any atom is 0.164 e. The highest BCUT2D eigenvalue weighted by molar-refractivity contribution is 9.10. The molecule has 0 aliphatic carbocycles. The normalized spacial score (nSPS) is 11.2. The van der Waals surface area contributed by atoms with Crippen LogP contribution < -0.4 is 5.32 Å². The molecule has 0 aromatic carbocycles. The molecule has 2 aromatic rings. The molecule has 0 saturated carbocycles. The van der Waals surface area contributed by atoms with Gasteiger partial charge in [0.2, 0.25) is 0 Å². The molecule has 0 fully saturated rings. The molecule has 116 valence electrons. The van der Waals surface area contributed by atoms with Gasteiger partial charge in [-0.15, -0.1) is 0 Å². The molecule has 2 heterocycles. The largest absolute Gasteiger partial charge is 0.383 e. The Bertz CT molecular complexity index is 579. The van der Waals surface area contributed by atoms with Gasteiger partial charge in [-0.25, -0.2) is 9.67 Å². The molecule has 0 radical (unpaired) electrons. The van der Waals surface area contributed by atoms with Crippen LogP contribution in [0.15, 0.2) is 10.8 Å². The predicted octanol–water partition coefficient (Wildman–Crippen LogP) is 1.35. The number of halogens is 1. The number of hydrogen-bond acceptors (Lipinski definition) is 5. The summed E-state index contributed by atoms with van der Waals surface area (Å²) < 4.78 is 9.84. The van der Waals surface area contributed by atoms with Crippen molar-refractivity contribution in [3.8, 4) is 0 Å². The summed E-state index contributed by atoms with van der Waals surface area (Å²) in [6.45, 7) is 7.67. The second-order valence-electron chi connectivity index (χ2n) is 4.69. The minimum atomic E-state index is 0.642. The molecule has 0 amide bonds. The molecular formula is C13H21BrN6O. The van der Waals surface area contributed by atoms with E-state index >= 15 is 0 Å². The van der Waals surface area contributed by atoms with Crippen LogP contribution in [0.3, 0.4) is 0 Å². The smallest absolute Gasteiger partial charge is 0.164 e. The van der Waals surface area contributed by atoms with Crippen LogP contribution in [0.2, 0.25) is 0 Å². The number of nitrogens with zero attached hydrogens (tertiary/aromatic N) is 5. The van der Waals surface area contributed by atoms with Crippen molar-refractivity contribution in [2.45, 2.75) is 33.5 Å². The van der Waals surface area contributed by atoms with Crippen molar-refractivity contribution in [3.05, 3.63) is 28.0 Å². The van der Waals surface area contributed by atoms with Gasteiger partial charge in [0.15, 0.2) is 5.82 Å². The molecule has 0 atom stereocenters. The predicted molar refractivity (Wildman–Crippen MR) is 83.0 cm³/mol. The Balaban J connectivity index is 1.99. The lowest BCUT2D eigenvalue weighted by molar-refractivity contribution is 0.199. The van der Waals surface area contributed by atoms with Crippen molar-refractivity contribution < 1.29 is 4.74 Å². The van der Waals surface area contributed by atoms with E-state index in [-0.39, 0.29) is 0 Å². The van der Waals surface area contributed by atoms with Gasteiger partial charge in [0.25, 0.3) is 0 Å². The highest BCUT2D eigenvalue weighted by atomic mass is 79.9. The van der Waals surface area contributed by atoms with E-state index in [0.29, 0.717) is 19.7 Å². The first-order valence-electron chi connectivity index (χ1n) is 6.95. The fourth-order valence-corrected chi connectivity index (χ4v) is 2.45. The van der Waals surface area contributed by atoms with Gasteiger partial charge in [-0.2, -0.15) is 10.2 Å². The SMILES string of the molecule is CCn1nc(C)c(Br)c1Cn1cnc(CNCCOC)n1. The number of nitrogens with one attached hydrogen (secondary N) is 1. The lowest BCUT2D eigenvalue weighted by atomic mass is 10.3. The van der Waals surface area contributed by atoms with Crippen molar-refractivity contribution in [2.75, 3.05) is 20.3 Å². The van der Waals surface area contributed by atoms with Gasteiger partial charge in [-0.3, -0.25) is 4.68 Å². The molecule has 2 aromatic heterocycles. The average Bonchev–Trinajstić information content (AvgIpc) is 3.03. The first kappa shape index (κ1) is 16.1. The van der Waals surface area contributed by atoms with Gasteiger partial charge < -0.3 is 10.1 Å². The standard InChI is InChI=1S/C13H21BrN6O/c1-4-20-11(13(14)10(2)17-20)8-19-9-16-12(18-19)7-15-5-6-21-3/h9,15H,4-8H2,1-3H3. The van der Waals surface area contributed by atoms with Gasteiger partial charge in [0.1, 0.15) is 6.33 Å². The summed E-state index contributed by atoms with van der Waals surface area (Å²) in [7, 11) is 1.69. The lowest BCUT2D eigenvalue weighted by Crippen LogP contribution is -2.19. The Hall–Kier alpha value is -1.25. The Kier molecular flexibility index (Phi) is 5.89. The first-order valence-corrected chi connectivity index (χ1v) is 7.74. The summed E-state index contributed by atoms with van der Waals surface area (Å²) in [5, 5.41) is 12.2. The summed E-state index contributed by atoms with van der Waals surface area (Å²) in [4.78, 5) is 4.31. The molecule has 0 saturated heterocycles. The molecule has 8 heteroatoms. The van der Waals surface area contributed by atoms with Gasteiger partial charge in [0, 0.05) is 20.2 Å². The first-order chi connectivity index (χ1) is 10.2. The van der Waals surface area contributed by atoms with Crippen LogP contribution in [0, 0.1) is 6.92 Å². The van der Waals surface area contributed by atoms with Crippen molar-refractivity contribution in [3.63, 3.8) is 0 Å². The zero-order valence-electron chi connectivity index (χ0n) is 12.6. The van der Waals surface area contributed by atoms with E-state index in [1.54, 1.807) is 13.4 Å². The summed E-state index contributed by atoms with van der Waals surface area (Å²) >= 11 is 3.59. The molecule has 1 N–H and O–H groups in total. The Morgan fingerprint density at radius 2 is 2.19 bits per heavy atom. The van der Waals surface area contributed by atoms with Gasteiger partial charge in [-0.05, 0) is 29.8 Å². The van der Waals surface area contributed by atoms with Gasteiger partial charge in [-0.1, -0.05) is 0 Å². The Labute approximate surface area is 132 Å². The molecule has 0 aliphatic rings. The quantitative estimate of drug-likeness (QED) is 0.723. The third-order valence-electron chi connectivity index (χ3n) is 3.11. The second kappa shape index (κ2) is 7.67. The van der Waals surface area contributed by atoms with Crippen LogP contribution in [0.5, 0.6) is 0 Å². The highest BCUT2D eigenvalue weighted by Gasteiger charge is 2.13. The molecule has 2 rings (SSSR count). The zero-order valence-corrected chi connectivity index (χ0v) is 14.2. The molecule has 7 nitrogen and oxygen atoms in total. The number of methoxy groups -OCH3 is 1. The molecule has 0 bridgehead atoms. The second-order valence-corrected chi connectivity index (χ2v) is 5.48. The van der Waals surface area contributed by atoms with Crippen molar-refractivity contribution in [2.24, 2.45) is 0 Å². The van der Waals surface area contributed by atoms with Crippen LogP contribution in [0.25, 0.3) is 0 Å². The lowest BCUT2D eigenvalue weighted by Gasteiger charge is -2.05. The minimum absolute atomic E-state index is 0.642. The maximum absolute atomic E-state index is 4.98. The number of aromatic nitrogens is 5. The third kappa shape index (κ3) is 4.12. The van der Waals surface area contributed by atoms with E-state index in [0.717, 1.165) is 34.8 Å². The van der Waals surface area contributed by atoms with E-state index in [4.69, 9.17) is 4.74 Å². The molecule has 0 aliphatic heterocycles. The summed E-state index contributed by atoms with van der Waals surface area (Å²) in [6.07, 6.45) is 1.75. The summed E-state index contributed by atoms with van der Waals surface area (Å²) in [6, 6.07) is 0. The number of ether oxygens (including phenoxy) is 1. The zero-order chi connectivity index (χ0) is 15.2. The summed E-state index contributed by atoms with van der Waals surface area (Å²) in [5.74, 6) is 0.779. The van der Waals surface area contributed by atoms with E-state index in [9.17, 15) is 0 Å². The van der Waals surface area contributed by atoms with Gasteiger partial charge >= 0.3 is 0 Å². The molecule has 0 spiro atoms. The van der Waals surface area contributed by atoms with E-state index in [1.165, 1.54) is 0 Å². The number of aryl methyl sites for hydroxylation is 2. The topological polar surface area (TPSA) is 69.8 Å². The van der Waals surface area contributed by atoms with Crippen LogP contribution >= 0.6 is 15.9 Å². The third-order valence-corrected chi connectivity index (χ3v) is 4.15. The molecule has 21 heavy (non-hydrogen) atoms. The molecule has 0 unspecified atom stereocenters. The molecular weight excluding hydrogens is 336 g/mol. The summed E-state index contributed by atoms with van der Waals surface area (Å²) in [5.41, 5.74) is 2.10. The highest BCUT2D eigenvalue weighted by Crippen LogP contribution is 2.21. The number of rotatable bonds is 8. The van der Waals surface area contributed by atoms with Crippen molar-refractivity contribution in [1.82, 2.24) is 29.9 Å². The Morgan fingerprint density at radius 3 is 2.90 bits per heavy atom. The van der Waals surface area contributed by atoms with Crippen molar-refractivity contribution in [1.29, 1.82) is 0 Å². The van der Waals surface area contributed by atoms with E-state index < -0.39 is 0 Å². The fourth-order valence-electron chi connectivity index (χ4n) is 2.04. The maximum atomic E-state index is 4.98. The Morgan fingerprint density at radius 1 is 1.38 bits per heavy atom. The number of hydrogen-bond donors (Lipinski definition) is 1. The van der Waals surface area contributed by atoms with Crippen LogP contribution in [0.1, 0.15) is 24.1 Å². The van der Waals surface area contributed by atoms with E-state index in [2.05, 4.69) is 43.4 Å². The van der Waals surface area contributed by atoms with E-state index in [1.807, 2.05) is 16.3 Å². The van der Waals surface area contributed by atoms with Crippen LogP contribution in [-0.2, 0) is 24.4 Å². The van der Waals surface area contributed by atoms with Crippen molar-refractivity contribution >= 4 is 15.9 Å². The minimum Gasteiger partial charge on any atom is -0.383 e. The van der Waals surface area contributed by atoms with Gasteiger partial charge in [0.05, 0.1) is 35.6 Å². The van der Waals surface area contributed by atoms with Crippen LogP contribution in [-0.4, -0.2) is 44.8 Å². The average molecular weight is 357 g/mol. The fraction of sp³-hybridized carbons (Fsp3) is 0.615. The van der Waals surface area contributed by atoms with Crippen LogP contribution in [0.4, 0.5) is 0 Å².